The van der Waals surface area contributed by atoms with Gasteiger partial charge in [0.25, 0.3) is 0 Å². The molecule has 1 aliphatic rings. The van der Waals surface area contributed by atoms with Crippen molar-refractivity contribution in [1.29, 1.82) is 0 Å². The van der Waals surface area contributed by atoms with Crippen LogP contribution < -0.4 is 20.3 Å². The van der Waals surface area contributed by atoms with Gasteiger partial charge in [-0.15, -0.1) is 0 Å². The molecular weight excluding hydrogens is 397 g/mol. The molecule has 3 N–H and O–H groups in total. The van der Waals surface area contributed by atoms with Crippen molar-refractivity contribution < 1.29 is 9.13 Å². The zero-order chi connectivity index (χ0) is 21.7. The number of halogens is 1. The van der Waals surface area contributed by atoms with Gasteiger partial charge in [-0.1, -0.05) is 0 Å². The number of ether oxygens (including phenoxy) is 1. The molecule has 8 nitrogen and oxygen atoms in total. The van der Waals surface area contributed by atoms with Crippen LogP contribution in [0.5, 0.6) is 5.75 Å². The van der Waals surface area contributed by atoms with Crippen LogP contribution in [0.1, 0.15) is 13.8 Å². The van der Waals surface area contributed by atoms with Crippen LogP contribution in [-0.4, -0.2) is 52.3 Å². The molecule has 0 saturated carbocycles. The molecule has 162 valence electrons. The number of aromatic amines is 1. The summed E-state index contributed by atoms with van der Waals surface area (Å²) >= 11 is 0. The molecule has 0 radical (unpaired) electrons. The Bertz CT molecular complexity index is 1250. The lowest BCUT2D eigenvalue weighted by Gasteiger charge is -2.37. The van der Waals surface area contributed by atoms with E-state index in [0.29, 0.717) is 34.9 Å². The Morgan fingerprint density at radius 3 is 2.68 bits per heavy atom. The second-order valence-corrected chi connectivity index (χ2v) is 8.34. The number of aryl methyl sites for hydroxylation is 1. The number of methoxy groups -OCH3 is 1. The van der Waals surface area contributed by atoms with Gasteiger partial charge in [0.05, 0.1) is 18.0 Å². The van der Waals surface area contributed by atoms with Crippen LogP contribution in [-0.2, 0) is 7.05 Å². The number of benzene rings is 2. The number of nitrogens with zero attached hydrogens (tertiary/aromatic N) is 4. The highest BCUT2D eigenvalue weighted by Crippen LogP contribution is 2.37. The molecule has 0 unspecified atom stereocenters. The van der Waals surface area contributed by atoms with Gasteiger partial charge < -0.3 is 20.3 Å². The number of anilines is 3. The summed E-state index contributed by atoms with van der Waals surface area (Å²) in [5, 5.41) is 20.0. The lowest BCUT2D eigenvalue weighted by molar-refractivity contribution is 0.404. The van der Waals surface area contributed by atoms with Crippen molar-refractivity contribution in [2.45, 2.75) is 25.9 Å². The third-order valence-corrected chi connectivity index (χ3v) is 5.69. The maximum atomic E-state index is 14.5. The molecule has 2 atom stereocenters. The first-order valence-electron chi connectivity index (χ1n) is 10.4. The summed E-state index contributed by atoms with van der Waals surface area (Å²) in [5.41, 5.74) is 2.89. The summed E-state index contributed by atoms with van der Waals surface area (Å²) < 4.78 is 21.8. The maximum Gasteiger partial charge on any atom is 0.163 e. The molecule has 0 amide bonds. The first-order valence-corrected chi connectivity index (χ1v) is 10.4. The van der Waals surface area contributed by atoms with Crippen molar-refractivity contribution in [3.8, 4) is 5.75 Å². The first kappa shape index (κ1) is 19.6. The van der Waals surface area contributed by atoms with Gasteiger partial charge >= 0.3 is 0 Å². The minimum atomic E-state index is -0.378. The molecule has 31 heavy (non-hydrogen) atoms. The highest BCUT2D eigenvalue weighted by molar-refractivity contribution is 5.99. The Balaban J connectivity index is 1.52. The van der Waals surface area contributed by atoms with E-state index < -0.39 is 0 Å². The molecule has 2 aromatic heterocycles. The Morgan fingerprint density at radius 2 is 1.94 bits per heavy atom. The number of hydrogen-bond donors (Lipinski definition) is 3. The van der Waals surface area contributed by atoms with Crippen LogP contribution in [0.15, 0.2) is 30.5 Å². The van der Waals surface area contributed by atoms with E-state index in [-0.39, 0.29) is 5.82 Å². The standard InChI is InChI=1S/C22H26FN7O/c1-12-9-30(10-13(2)24-12)16-7-18-20(19(8-16)31-4)22(27-26-18)25-15-5-14-11-29(3)28-21(14)17(23)6-15/h5-8,11-13,24H,9-10H2,1-4H3,(H2,25,26,27)/t12-,13+. The number of nitrogens with one attached hydrogen (secondary N) is 3. The van der Waals surface area contributed by atoms with Crippen molar-refractivity contribution in [3.05, 3.63) is 36.3 Å². The predicted molar refractivity (Wildman–Crippen MR) is 121 cm³/mol. The monoisotopic (exact) mass is 423 g/mol. The van der Waals surface area contributed by atoms with Gasteiger partial charge in [0, 0.05) is 61.2 Å². The molecule has 0 bridgehead atoms. The van der Waals surface area contributed by atoms with Crippen molar-refractivity contribution in [2.24, 2.45) is 7.05 Å². The second-order valence-electron chi connectivity index (χ2n) is 8.34. The van der Waals surface area contributed by atoms with Crippen LogP contribution in [0.25, 0.3) is 21.8 Å². The fourth-order valence-electron chi connectivity index (χ4n) is 4.50. The van der Waals surface area contributed by atoms with E-state index in [0.717, 1.165) is 35.1 Å². The summed E-state index contributed by atoms with van der Waals surface area (Å²) in [5.74, 6) is 0.922. The lowest BCUT2D eigenvalue weighted by atomic mass is 10.1. The van der Waals surface area contributed by atoms with Gasteiger partial charge in [-0.05, 0) is 32.0 Å². The molecule has 0 aliphatic carbocycles. The van der Waals surface area contributed by atoms with Gasteiger partial charge in [0.1, 0.15) is 11.3 Å². The van der Waals surface area contributed by atoms with Crippen LogP contribution in [0, 0.1) is 5.82 Å². The maximum absolute atomic E-state index is 14.5. The molecule has 0 spiro atoms. The van der Waals surface area contributed by atoms with E-state index in [1.54, 1.807) is 25.0 Å². The topological polar surface area (TPSA) is 83.0 Å². The Hall–Kier alpha value is -3.33. The molecule has 2 aromatic carbocycles. The Kier molecular flexibility index (Phi) is 4.70. The summed E-state index contributed by atoms with van der Waals surface area (Å²) in [7, 11) is 3.43. The normalized spacial score (nSPS) is 19.3. The van der Waals surface area contributed by atoms with E-state index in [1.165, 1.54) is 6.07 Å². The number of H-pyrrole nitrogens is 1. The van der Waals surface area contributed by atoms with E-state index >= 15 is 0 Å². The van der Waals surface area contributed by atoms with Gasteiger partial charge in [0.15, 0.2) is 11.6 Å². The van der Waals surface area contributed by atoms with E-state index in [1.807, 2.05) is 12.1 Å². The largest absolute Gasteiger partial charge is 0.496 e. The fraction of sp³-hybridized carbons (Fsp3) is 0.364. The van der Waals surface area contributed by atoms with Gasteiger partial charge in [-0.25, -0.2) is 4.39 Å². The Morgan fingerprint density at radius 1 is 1.16 bits per heavy atom. The number of hydrogen-bond acceptors (Lipinski definition) is 6. The van der Waals surface area contributed by atoms with Crippen LogP contribution in [0.2, 0.25) is 0 Å². The quantitative estimate of drug-likeness (QED) is 0.466. The third-order valence-electron chi connectivity index (χ3n) is 5.69. The summed E-state index contributed by atoms with van der Waals surface area (Å²) in [6.07, 6.45) is 1.79. The van der Waals surface area contributed by atoms with Crippen molar-refractivity contribution >= 4 is 39.0 Å². The average Bonchev–Trinajstić information content (AvgIpc) is 3.30. The minimum absolute atomic E-state index is 0.349. The fourth-order valence-corrected chi connectivity index (χ4v) is 4.50. The zero-order valence-corrected chi connectivity index (χ0v) is 18.0. The van der Waals surface area contributed by atoms with Crippen molar-refractivity contribution in [2.75, 3.05) is 30.4 Å². The average molecular weight is 423 g/mol. The minimum Gasteiger partial charge on any atom is -0.496 e. The number of aromatic nitrogens is 4. The van der Waals surface area contributed by atoms with Crippen LogP contribution in [0.4, 0.5) is 21.6 Å². The van der Waals surface area contributed by atoms with Gasteiger partial charge in [-0.3, -0.25) is 9.78 Å². The molecule has 1 fully saturated rings. The lowest BCUT2D eigenvalue weighted by Crippen LogP contribution is -2.54. The smallest absolute Gasteiger partial charge is 0.163 e. The molecule has 1 aliphatic heterocycles. The Labute approximate surface area is 179 Å². The molecule has 1 saturated heterocycles. The third kappa shape index (κ3) is 3.54. The van der Waals surface area contributed by atoms with E-state index in [9.17, 15) is 4.39 Å². The van der Waals surface area contributed by atoms with Crippen LogP contribution >= 0.6 is 0 Å². The van der Waals surface area contributed by atoms with E-state index in [2.05, 4.69) is 50.7 Å². The molecule has 3 heterocycles. The van der Waals surface area contributed by atoms with E-state index in [4.69, 9.17) is 4.74 Å². The number of piperazine rings is 1. The molecule has 9 heteroatoms. The molecule has 4 aromatic rings. The highest BCUT2D eigenvalue weighted by atomic mass is 19.1. The van der Waals surface area contributed by atoms with Crippen LogP contribution in [0.3, 0.4) is 0 Å². The summed E-state index contributed by atoms with van der Waals surface area (Å²) in [6, 6.07) is 8.23. The zero-order valence-electron chi connectivity index (χ0n) is 18.0. The molecular formula is C22H26FN7O. The summed E-state index contributed by atoms with van der Waals surface area (Å²) in [4.78, 5) is 2.35. The van der Waals surface area contributed by atoms with Crippen molar-refractivity contribution in [1.82, 2.24) is 25.3 Å². The van der Waals surface area contributed by atoms with Gasteiger partial charge in [-0.2, -0.15) is 10.2 Å². The highest BCUT2D eigenvalue weighted by Gasteiger charge is 2.23. The predicted octanol–water partition coefficient (Wildman–Crippen LogP) is 3.53. The second kappa shape index (κ2) is 7.42. The summed E-state index contributed by atoms with van der Waals surface area (Å²) in [6.45, 7) is 6.22. The number of fused-ring (bicyclic) bond motifs is 2. The SMILES string of the molecule is COc1cc(N2C[C@@H](C)N[C@@H](C)C2)cc2[nH]nc(Nc3cc(F)c4nn(C)cc4c3)c12. The van der Waals surface area contributed by atoms with Crippen molar-refractivity contribution in [3.63, 3.8) is 0 Å². The number of rotatable bonds is 4. The van der Waals surface area contributed by atoms with Gasteiger partial charge in [0.2, 0.25) is 0 Å². The first-order chi connectivity index (χ1) is 14.9. The molecule has 5 rings (SSSR count).